The molecule has 0 spiro atoms. The van der Waals surface area contributed by atoms with Crippen molar-refractivity contribution < 1.29 is 14.3 Å². The summed E-state index contributed by atoms with van der Waals surface area (Å²) in [5.74, 6) is 0.705. The van der Waals surface area contributed by atoms with Crippen molar-refractivity contribution in [3.05, 3.63) is 40.9 Å². The van der Waals surface area contributed by atoms with Gasteiger partial charge in [0.1, 0.15) is 11.4 Å². The number of nitrogens with zero attached hydrogens (tertiary/aromatic N) is 1. The molecule has 6 nitrogen and oxygen atoms in total. The maximum Gasteiger partial charge on any atom is 0.270 e. The van der Waals surface area contributed by atoms with Gasteiger partial charge in [-0.3, -0.25) is 14.9 Å². The van der Waals surface area contributed by atoms with Gasteiger partial charge in [0.2, 0.25) is 0 Å². The van der Waals surface area contributed by atoms with Crippen LogP contribution in [0.2, 0.25) is 0 Å². The van der Waals surface area contributed by atoms with Crippen LogP contribution in [-0.4, -0.2) is 30.5 Å². The fraction of sp³-hybridized carbons (Fsp3) is 0.353. The molecule has 2 N–H and O–H groups in total. The van der Waals surface area contributed by atoms with Crippen molar-refractivity contribution >= 4 is 28.3 Å². The first-order valence-electron chi connectivity index (χ1n) is 7.68. The second-order valence-electron chi connectivity index (χ2n) is 5.66. The second kappa shape index (κ2) is 8.44. The van der Waals surface area contributed by atoms with Crippen LogP contribution < -0.4 is 15.4 Å². The summed E-state index contributed by atoms with van der Waals surface area (Å²) in [6.45, 7) is 4.81. The number of nitrogens with one attached hydrogen (secondary N) is 2. The van der Waals surface area contributed by atoms with Gasteiger partial charge in [0.15, 0.2) is 5.13 Å². The SMILES string of the molecule is COc1ccc(C(=O)Nc2nc(C(=O)NCCC(C)C)cs2)cc1. The fourth-order valence-corrected chi connectivity index (χ4v) is 2.60. The normalized spacial score (nSPS) is 10.5. The standard InChI is InChI=1S/C17H21N3O3S/c1-11(2)8-9-18-16(22)14-10-24-17(19-14)20-15(21)12-4-6-13(23-3)7-5-12/h4-7,10-11H,8-9H2,1-3H3,(H,18,22)(H,19,20,21). The zero-order valence-electron chi connectivity index (χ0n) is 14.0. The van der Waals surface area contributed by atoms with E-state index in [1.807, 2.05) is 0 Å². The van der Waals surface area contributed by atoms with Crippen molar-refractivity contribution in [3.8, 4) is 5.75 Å². The molecule has 1 aromatic heterocycles. The van der Waals surface area contributed by atoms with Crippen molar-refractivity contribution in [3.63, 3.8) is 0 Å². The molecule has 2 aromatic rings. The van der Waals surface area contributed by atoms with E-state index < -0.39 is 0 Å². The van der Waals surface area contributed by atoms with Crippen LogP contribution in [0.25, 0.3) is 0 Å². The van der Waals surface area contributed by atoms with Crippen LogP contribution in [0.4, 0.5) is 5.13 Å². The number of carbonyl (C=O) groups excluding carboxylic acids is 2. The smallest absolute Gasteiger partial charge is 0.270 e. The third kappa shape index (κ3) is 5.06. The van der Waals surface area contributed by atoms with E-state index in [0.29, 0.717) is 34.6 Å². The Hall–Kier alpha value is -2.41. The molecule has 0 aliphatic carbocycles. The number of amides is 2. The highest BCUT2D eigenvalue weighted by Gasteiger charge is 2.13. The number of methoxy groups -OCH3 is 1. The van der Waals surface area contributed by atoms with Crippen LogP contribution in [0, 0.1) is 5.92 Å². The third-order valence-electron chi connectivity index (χ3n) is 3.32. The summed E-state index contributed by atoms with van der Waals surface area (Å²) >= 11 is 1.22. The zero-order valence-corrected chi connectivity index (χ0v) is 14.8. The van der Waals surface area contributed by atoms with Crippen LogP contribution in [0.1, 0.15) is 41.1 Å². The number of anilines is 1. The number of hydrogen-bond donors (Lipinski definition) is 2. The first-order chi connectivity index (χ1) is 11.5. The molecule has 128 valence electrons. The molecule has 0 bridgehead atoms. The van der Waals surface area contributed by atoms with Crippen LogP contribution in [0.5, 0.6) is 5.75 Å². The van der Waals surface area contributed by atoms with Gasteiger partial charge < -0.3 is 10.1 Å². The van der Waals surface area contributed by atoms with Gasteiger partial charge in [-0.25, -0.2) is 4.98 Å². The molecule has 2 amide bonds. The first-order valence-corrected chi connectivity index (χ1v) is 8.56. The van der Waals surface area contributed by atoms with Gasteiger partial charge in [-0.15, -0.1) is 11.3 Å². The average Bonchev–Trinajstić information content (AvgIpc) is 3.03. The second-order valence-corrected chi connectivity index (χ2v) is 6.52. The van der Waals surface area contributed by atoms with Crippen LogP contribution in [-0.2, 0) is 0 Å². The Morgan fingerprint density at radius 1 is 1.21 bits per heavy atom. The lowest BCUT2D eigenvalue weighted by atomic mass is 10.1. The molecule has 0 fully saturated rings. The van der Waals surface area contributed by atoms with Crippen molar-refractivity contribution in [2.24, 2.45) is 5.92 Å². The molecule has 0 aliphatic rings. The van der Waals surface area contributed by atoms with E-state index in [9.17, 15) is 9.59 Å². The summed E-state index contributed by atoms with van der Waals surface area (Å²) in [6.07, 6.45) is 0.914. The highest BCUT2D eigenvalue weighted by atomic mass is 32.1. The van der Waals surface area contributed by atoms with E-state index in [0.717, 1.165) is 6.42 Å². The minimum Gasteiger partial charge on any atom is -0.497 e. The summed E-state index contributed by atoms with van der Waals surface area (Å²) in [5, 5.41) is 7.54. The predicted octanol–water partition coefficient (Wildman–Crippen LogP) is 3.18. The third-order valence-corrected chi connectivity index (χ3v) is 4.07. The average molecular weight is 347 g/mol. The van der Waals surface area contributed by atoms with Gasteiger partial charge in [-0.1, -0.05) is 13.8 Å². The van der Waals surface area contributed by atoms with Crippen LogP contribution in [0.15, 0.2) is 29.6 Å². The van der Waals surface area contributed by atoms with E-state index in [-0.39, 0.29) is 11.8 Å². The van der Waals surface area contributed by atoms with E-state index in [1.165, 1.54) is 11.3 Å². The lowest BCUT2D eigenvalue weighted by Crippen LogP contribution is -2.25. The molecule has 7 heteroatoms. The van der Waals surface area contributed by atoms with Crippen molar-refractivity contribution in [2.75, 3.05) is 19.0 Å². The Kier molecular flexibility index (Phi) is 6.31. The summed E-state index contributed by atoms with van der Waals surface area (Å²) < 4.78 is 5.06. The van der Waals surface area contributed by atoms with Gasteiger partial charge in [0.05, 0.1) is 7.11 Å². The number of rotatable bonds is 7. The highest BCUT2D eigenvalue weighted by Crippen LogP contribution is 2.18. The van der Waals surface area contributed by atoms with Crippen molar-refractivity contribution in [2.45, 2.75) is 20.3 Å². The maximum atomic E-state index is 12.2. The minimum atomic E-state index is -0.279. The van der Waals surface area contributed by atoms with Crippen molar-refractivity contribution in [1.29, 1.82) is 0 Å². The molecule has 0 saturated heterocycles. The first kappa shape index (κ1) is 17.9. The maximum absolute atomic E-state index is 12.2. The highest BCUT2D eigenvalue weighted by molar-refractivity contribution is 7.14. The van der Waals surface area contributed by atoms with Gasteiger partial charge >= 0.3 is 0 Å². The fourth-order valence-electron chi connectivity index (χ4n) is 1.91. The largest absolute Gasteiger partial charge is 0.497 e. The number of thiazole rings is 1. The molecular formula is C17H21N3O3S. The van der Waals surface area contributed by atoms with E-state index >= 15 is 0 Å². The molecular weight excluding hydrogens is 326 g/mol. The molecule has 2 rings (SSSR count). The van der Waals surface area contributed by atoms with E-state index in [2.05, 4.69) is 29.5 Å². The molecule has 0 unspecified atom stereocenters. The molecule has 1 heterocycles. The number of carbonyl (C=O) groups is 2. The quantitative estimate of drug-likeness (QED) is 0.806. The Morgan fingerprint density at radius 3 is 2.54 bits per heavy atom. The summed E-state index contributed by atoms with van der Waals surface area (Å²) in [4.78, 5) is 28.3. The molecule has 0 atom stereocenters. The summed E-state index contributed by atoms with van der Waals surface area (Å²) in [5.41, 5.74) is 0.808. The Morgan fingerprint density at radius 2 is 1.92 bits per heavy atom. The van der Waals surface area contributed by atoms with E-state index in [1.54, 1.807) is 36.8 Å². The van der Waals surface area contributed by atoms with Gasteiger partial charge in [0.25, 0.3) is 11.8 Å². The zero-order chi connectivity index (χ0) is 17.5. The van der Waals surface area contributed by atoms with E-state index in [4.69, 9.17) is 4.74 Å². The number of ether oxygens (including phenoxy) is 1. The topological polar surface area (TPSA) is 80.3 Å². The van der Waals surface area contributed by atoms with Crippen LogP contribution in [0.3, 0.4) is 0 Å². The number of aromatic nitrogens is 1. The number of hydrogen-bond acceptors (Lipinski definition) is 5. The summed E-state index contributed by atoms with van der Waals surface area (Å²) in [6, 6.07) is 6.76. The molecule has 0 radical (unpaired) electrons. The molecule has 0 aliphatic heterocycles. The Balaban J connectivity index is 1.92. The molecule has 24 heavy (non-hydrogen) atoms. The summed E-state index contributed by atoms with van der Waals surface area (Å²) in [7, 11) is 1.57. The van der Waals surface area contributed by atoms with Crippen molar-refractivity contribution in [1.82, 2.24) is 10.3 Å². The van der Waals surface area contributed by atoms with Crippen LogP contribution >= 0.6 is 11.3 Å². The molecule has 0 saturated carbocycles. The Bertz CT molecular complexity index is 695. The van der Waals surface area contributed by atoms with Gasteiger partial charge in [-0.2, -0.15) is 0 Å². The Labute approximate surface area is 145 Å². The monoisotopic (exact) mass is 347 g/mol. The lowest BCUT2D eigenvalue weighted by molar-refractivity contribution is 0.0946. The lowest BCUT2D eigenvalue weighted by Gasteiger charge is -2.05. The minimum absolute atomic E-state index is 0.225. The predicted molar refractivity (Wildman–Crippen MR) is 94.8 cm³/mol. The van der Waals surface area contributed by atoms with Gasteiger partial charge in [-0.05, 0) is 36.6 Å². The molecule has 1 aromatic carbocycles. The number of benzene rings is 1. The van der Waals surface area contributed by atoms with Gasteiger partial charge in [0, 0.05) is 17.5 Å².